The topological polar surface area (TPSA) is 145 Å². The maximum absolute atomic E-state index is 11.3. The summed E-state index contributed by atoms with van der Waals surface area (Å²) in [7, 11) is 1.59. The standard InChI is InChI=1S/C9H10N10OS/c1-18-8(20)16-17-9(18)21-7-13-5(15-10)12-6(14-7)19-3-2-11-4-19/h2-4H,10H2,1H3,(H,16,20)(H,12,13,14,15). The molecule has 21 heavy (non-hydrogen) atoms. The van der Waals surface area contributed by atoms with Gasteiger partial charge in [0.2, 0.25) is 17.1 Å². The molecule has 0 bridgehead atoms. The van der Waals surface area contributed by atoms with E-state index in [4.69, 9.17) is 5.84 Å². The molecule has 0 aromatic carbocycles. The quantitative estimate of drug-likeness (QED) is 0.404. The number of nitrogens with two attached hydrogens (primary N) is 1. The molecule has 3 aromatic rings. The third-order valence-corrected chi connectivity index (χ3v) is 3.40. The van der Waals surface area contributed by atoms with Crippen molar-refractivity contribution in [1.82, 2.24) is 39.3 Å². The van der Waals surface area contributed by atoms with Gasteiger partial charge in [0.15, 0.2) is 5.16 Å². The summed E-state index contributed by atoms with van der Waals surface area (Å²) in [5, 5.41) is 6.97. The molecule has 0 unspecified atom stereocenters. The monoisotopic (exact) mass is 306 g/mol. The summed E-state index contributed by atoms with van der Waals surface area (Å²) in [6.45, 7) is 0. The molecule has 0 radical (unpaired) electrons. The normalized spacial score (nSPS) is 10.8. The third kappa shape index (κ3) is 2.61. The first-order valence-electron chi connectivity index (χ1n) is 5.67. The van der Waals surface area contributed by atoms with Gasteiger partial charge >= 0.3 is 5.69 Å². The average Bonchev–Trinajstić information content (AvgIpc) is 3.13. The molecule has 108 valence electrons. The van der Waals surface area contributed by atoms with Crippen molar-refractivity contribution in [2.45, 2.75) is 10.3 Å². The van der Waals surface area contributed by atoms with Crippen LogP contribution in [0, 0.1) is 0 Å². The molecule has 12 heteroatoms. The highest BCUT2D eigenvalue weighted by Crippen LogP contribution is 2.22. The van der Waals surface area contributed by atoms with Gasteiger partial charge in [-0.3, -0.25) is 14.6 Å². The Morgan fingerprint density at radius 3 is 2.86 bits per heavy atom. The van der Waals surface area contributed by atoms with Gasteiger partial charge in [0.1, 0.15) is 6.33 Å². The molecule has 3 heterocycles. The number of H-pyrrole nitrogens is 1. The number of hydrazine groups is 1. The van der Waals surface area contributed by atoms with E-state index in [9.17, 15) is 4.79 Å². The summed E-state index contributed by atoms with van der Waals surface area (Å²) in [5.41, 5.74) is 2.05. The van der Waals surface area contributed by atoms with E-state index in [1.807, 2.05) is 0 Å². The van der Waals surface area contributed by atoms with Crippen LogP contribution >= 0.6 is 11.8 Å². The molecule has 4 N–H and O–H groups in total. The predicted octanol–water partition coefficient (Wildman–Crippen LogP) is -1.08. The highest BCUT2D eigenvalue weighted by Gasteiger charge is 2.12. The lowest BCUT2D eigenvalue weighted by molar-refractivity contribution is 0.758. The lowest BCUT2D eigenvalue weighted by Crippen LogP contribution is -2.14. The van der Waals surface area contributed by atoms with Gasteiger partial charge in [-0.25, -0.2) is 20.7 Å². The maximum Gasteiger partial charge on any atom is 0.343 e. The Kier molecular flexibility index (Phi) is 3.37. The maximum atomic E-state index is 11.3. The van der Waals surface area contributed by atoms with E-state index in [0.29, 0.717) is 16.3 Å². The summed E-state index contributed by atoms with van der Waals surface area (Å²) in [4.78, 5) is 27.8. The van der Waals surface area contributed by atoms with Crippen LogP contribution in [0.5, 0.6) is 0 Å². The number of imidazole rings is 1. The lowest BCUT2D eigenvalue weighted by atomic mass is 10.8. The van der Waals surface area contributed by atoms with E-state index in [-0.39, 0.29) is 11.6 Å². The Morgan fingerprint density at radius 1 is 1.38 bits per heavy atom. The summed E-state index contributed by atoms with van der Waals surface area (Å²) in [5.74, 6) is 5.89. The number of nitrogens with zero attached hydrogens (tertiary/aromatic N) is 7. The number of nitrogens with one attached hydrogen (secondary N) is 2. The van der Waals surface area contributed by atoms with Gasteiger partial charge in [-0.1, -0.05) is 0 Å². The number of anilines is 1. The minimum atomic E-state index is -0.321. The van der Waals surface area contributed by atoms with Crippen LogP contribution in [0.25, 0.3) is 5.95 Å². The van der Waals surface area contributed by atoms with Crippen molar-refractivity contribution in [2.24, 2.45) is 12.9 Å². The molecular weight excluding hydrogens is 296 g/mol. The van der Waals surface area contributed by atoms with Gasteiger partial charge in [-0.05, 0) is 11.8 Å². The Morgan fingerprint density at radius 2 is 2.24 bits per heavy atom. The predicted molar refractivity (Wildman–Crippen MR) is 72.7 cm³/mol. The van der Waals surface area contributed by atoms with Crippen molar-refractivity contribution in [3.05, 3.63) is 29.2 Å². The molecule has 0 fully saturated rings. The number of aromatic nitrogens is 8. The van der Waals surface area contributed by atoms with Crippen molar-refractivity contribution in [3.63, 3.8) is 0 Å². The van der Waals surface area contributed by atoms with E-state index >= 15 is 0 Å². The van der Waals surface area contributed by atoms with Crippen LogP contribution in [-0.2, 0) is 7.05 Å². The lowest BCUT2D eigenvalue weighted by Gasteiger charge is -2.05. The molecule has 0 aliphatic rings. The Hall–Kier alpha value is -2.73. The summed E-state index contributed by atoms with van der Waals surface area (Å²) < 4.78 is 2.96. The van der Waals surface area contributed by atoms with Crippen LogP contribution < -0.4 is 17.0 Å². The molecule has 0 spiro atoms. The number of rotatable bonds is 4. The zero-order chi connectivity index (χ0) is 14.8. The van der Waals surface area contributed by atoms with Gasteiger partial charge in [-0.15, -0.1) is 5.10 Å². The zero-order valence-corrected chi connectivity index (χ0v) is 11.6. The minimum absolute atomic E-state index is 0.191. The average molecular weight is 306 g/mol. The number of hydrogen-bond acceptors (Lipinski definition) is 9. The number of nitrogen functional groups attached to an aromatic ring is 1. The highest BCUT2D eigenvalue weighted by molar-refractivity contribution is 7.99. The SMILES string of the molecule is Cn1c(Sc2nc(NN)nc(-n3ccnc3)n2)n[nH]c1=O. The van der Waals surface area contributed by atoms with E-state index in [2.05, 4.69) is 35.6 Å². The molecule has 0 saturated heterocycles. The van der Waals surface area contributed by atoms with E-state index in [0.717, 1.165) is 11.8 Å². The summed E-state index contributed by atoms with van der Waals surface area (Å²) in [6.07, 6.45) is 4.84. The third-order valence-electron chi connectivity index (χ3n) is 2.49. The second-order valence-corrected chi connectivity index (χ2v) is 4.76. The summed E-state index contributed by atoms with van der Waals surface area (Å²) >= 11 is 1.11. The van der Waals surface area contributed by atoms with Gasteiger partial charge < -0.3 is 0 Å². The van der Waals surface area contributed by atoms with Crippen LogP contribution in [0.1, 0.15) is 0 Å². The first-order chi connectivity index (χ1) is 10.2. The van der Waals surface area contributed by atoms with Gasteiger partial charge in [-0.2, -0.15) is 15.0 Å². The first-order valence-corrected chi connectivity index (χ1v) is 6.49. The highest BCUT2D eigenvalue weighted by atomic mass is 32.2. The minimum Gasteiger partial charge on any atom is -0.292 e. The molecule has 0 atom stereocenters. The molecule has 3 aromatic heterocycles. The van der Waals surface area contributed by atoms with Crippen molar-refractivity contribution in [2.75, 3.05) is 5.43 Å². The zero-order valence-electron chi connectivity index (χ0n) is 10.8. The van der Waals surface area contributed by atoms with Gasteiger partial charge in [0.25, 0.3) is 0 Å². The van der Waals surface area contributed by atoms with Crippen LogP contribution in [0.3, 0.4) is 0 Å². The fourth-order valence-electron chi connectivity index (χ4n) is 1.45. The molecule has 0 aliphatic heterocycles. The molecule has 0 aliphatic carbocycles. The smallest absolute Gasteiger partial charge is 0.292 e. The first kappa shape index (κ1) is 13.3. The molecule has 0 amide bonds. The van der Waals surface area contributed by atoms with Gasteiger partial charge in [0.05, 0.1) is 0 Å². The molecule has 3 rings (SSSR count). The van der Waals surface area contributed by atoms with E-state index in [1.165, 1.54) is 4.57 Å². The fourth-order valence-corrected chi connectivity index (χ4v) is 2.19. The Bertz CT molecular complexity index is 806. The molecular formula is C9H10N10OS. The Labute approximate surface area is 121 Å². The molecule has 0 saturated carbocycles. The van der Waals surface area contributed by atoms with Gasteiger partial charge in [0, 0.05) is 19.4 Å². The van der Waals surface area contributed by atoms with E-state index < -0.39 is 0 Å². The molecule has 11 nitrogen and oxygen atoms in total. The van der Waals surface area contributed by atoms with Crippen LogP contribution in [0.4, 0.5) is 5.95 Å². The second kappa shape index (κ2) is 5.34. The fraction of sp³-hybridized carbons (Fsp3) is 0.111. The summed E-state index contributed by atoms with van der Waals surface area (Å²) in [6, 6.07) is 0. The van der Waals surface area contributed by atoms with E-state index in [1.54, 1.807) is 30.3 Å². The van der Waals surface area contributed by atoms with Crippen LogP contribution in [-0.4, -0.2) is 39.3 Å². The van der Waals surface area contributed by atoms with Crippen molar-refractivity contribution < 1.29 is 0 Å². The largest absolute Gasteiger partial charge is 0.343 e. The number of aromatic amines is 1. The van der Waals surface area contributed by atoms with Crippen molar-refractivity contribution in [1.29, 1.82) is 0 Å². The Balaban J connectivity index is 2.00. The number of hydrogen-bond donors (Lipinski definition) is 3. The van der Waals surface area contributed by atoms with Crippen molar-refractivity contribution >= 4 is 17.7 Å². The second-order valence-electron chi connectivity index (χ2n) is 3.83. The van der Waals surface area contributed by atoms with Crippen molar-refractivity contribution in [3.8, 4) is 5.95 Å². The van der Waals surface area contributed by atoms with Crippen LogP contribution in [0.15, 0.2) is 33.8 Å². The van der Waals surface area contributed by atoms with Crippen LogP contribution in [0.2, 0.25) is 0 Å².